The number of halogens is 1. The summed E-state index contributed by atoms with van der Waals surface area (Å²) in [5.41, 5.74) is 0.653. The first-order valence-corrected chi connectivity index (χ1v) is 8.46. The first-order valence-electron chi connectivity index (χ1n) is 8.46. The van der Waals surface area contributed by atoms with E-state index in [4.69, 9.17) is 14.2 Å². The van der Waals surface area contributed by atoms with Crippen LogP contribution in [0.3, 0.4) is 0 Å². The van der Waals surface area contributed by atoms with E-state index < -0.39 is 5.41 Å². The summed E-state index contributed by atoms with van der Waals surface area (Å²) in [7, 11) is 3.10. The molecule has 138 valence electrons. The maximum Gasteiger partial charge on any atom is 0.235 e. The van der Waals surface area contributed by atoms with E-state index in [1.807, 2.05) is 0 Å². The SMILES string of the molecule is COc1ccc(NC(=O)C2(c3ccc(F)cc3)CCOCC2)cc1OC. The molecular weight excluding hydrogens is 337 g/mol. The molecule has 2 aromatic rings. The van der Waals surface area contributed by atoms with Gasteiger partial charge in [-0.2, -0.15) is 0 Å². The topological polar surface area (TPSA) is 56.8 Å². The number of nitrogens with one attached hydrogen (secondary N) is 1. The second-order valence-electron chi connectivity index (χ2n) is 6.23. The van der Waals surface area contributed by atoms with Crippen molar-refractivity contribution in [2.75, 3.05) is 32.8 Å². The lowest BCUT2D eigenvalue weighted by atomic mass is 9.73. The average Bonchev–Trinajstić information content (AvgIpc) is 2.68. The molecule has 0 saturated carbocycles. The number of rotatable bonds is 5. The molecule has 3 rings (SSSR count). The van der Waals surface area contributed by atoms with E-state index in [1.54, 1.807) is 44.6 Å². The quantitative estimate of drug-likeness (QED) is 0.887. The monoisotopic (exact) mass is 359 g/mol. The van der Waals surface area contributed by atoms with Crippen LogP contribution in [0, 0.1) is 5.82 Å². The van der Waals surface area contributed by atoms with E-state index in [0.29, 0.717) is 43.2 Å². The third-order valence-electron chi connectivity index (χ3n) is 4.82. The van der Waals surface area contributed by atoms with Gasteiger partial charge in [0.05, 0.1) is 19.6 Å². The predicted molar refractivity (Wildman–Crippen MR) is 96.3 cm³/mol. The number of amides is 1. The minimum absolute atomic E-state index is 0.139. The maximum absolute atomic E-state index is 13.3. The summed E-state index contributed by atoms with van der Waals surface area (Å²) < 4.78 is 29.3. The normalized spacial score (nSPS) is 16.0. The Bertz CT molecular complexity index is 770. The van der Waals surface area contributed by atoms with Gasteiger partial charge < -0.3 is 19.5 Å². The molecule has 0 radical (unpaired) electrons. The fourth-order valence-electron chi connectivity index (χ4n) is 3.30. The Kier molecular flexibility index (Phi) is 5.42. The van der Waals surface area contributed by atoms with Crippen LogP contribution in [-0.2, 0) is 14.9 Å². The van der Waals surface area contributed by atoms with Crippen molar-refractivity contribution < 1.29 is 23.4 Å². The molecule has 1 aliphatic rings. The predicted octanol–water partition coefficient (Wildman–Crippen LogP) is 3.53. The van der Waals surface area contributed by atoms with Crippen LogP contribution in [0.5, 0.6) is 11.5 Å². The Morgan fingerprint density at radius 3 is 2.31 bits per heavy atom. The standard InChI is InChI=1S/C20H22FNO4/c1-24-17-8-7-16(13-18(17)25-2)22-19(23)20(9-11-26-12-10-20)14-3-5-15(21)6-4-14/h3-8,13H,9-12H2,1-2H3,(H,22,23). The molecule has 1 heterocycles. The number of anilines is 1. The van der Waals surface area contributed by atoms with Crippen LogP contribution in [0.25, 0.3) is 0 Å². The Morgan fingerprint density at radius 2 is 1.69 bits per heavy atom. The van der Waals surface area contributed by atoms with Gasteiger partial charge in [-0.1, -0.05) is 12.1 Å². The number of benzene rings is 2. The van der Waals surface area contributed by atoms with Crippen molar-refractivity contribution >= 4 is 11.6 Å². The van der Waals surface area contributed by atoms with E-state index in [9.17, 15) is 9.18 Å². The van der Waals surface area contributed by atoms with Crippen molar-refractivity contribution in [2.45, 2.75) is 18.3 Å². The van der Waals surface area contributed by atoms with Crippen molar-refractivity contribution in [1.82, 2.24) is 0 Å². The van der Waals surface area contributed by atoms with E-state index in [0.717, 1.165) is 5.56 Å². The van der Waals surface area contributed by atoms with Gasteiger partial charge in [-0.3, -0.25) is 4.79 Å². The first kappa shape index (κ1) is 18.2. The Labute approximate surface area is 152 Å². The zero-order valence-corrected chi connectivity index (χ0v) is 14.9. The lowest BCUT2D eigenvalue weighted by Gasteiger charge is -2.36. The number of hydrogen-bond donors (Lipinski definition) is 1. The molecule has 5 nitrogen and oxygen atoms in total. The summed E-state index contributed by atoms with van der Waals surface area (Å²) in [6, 6.07) is 11.3. The van der Waals surface area contributed by atoms with Crippen LogP contribution in [0.2, 0.25) is 0 Å². The van der Waals surface area contributed by atoms with E-state index in [-0.39, 0.29) is 11.7 Å². The van der Waals surface area contributed by atoms with Gasteiger partial charge in [-0.25, -0.2) is 4.39 Å². The highest BCUT2D eigenvalue weighted by Crippen LogP contribution is 2.37. The first-order chi connectivity index (χ1) is 12.6. The second kappa shape index (κ2) is 7.74. The molecule has 1 amide bonds. The van der Waals surface area contributed by atoms with Crippen LogP contribution in [0.15, 0.2) is 42.5 Å². The summed E-state index contributed by atoms with van der Waals surface area (Å²) in [4.78, 5) is 13.2. The third kappa shape index (κ3) is 3.51. The highest BCUT2D eigenvalue weighted by atomic mass is 19.1. The lowest BCUT2D eigenvalue weighted by Crippen LogP contribution is -2.44. The third-order valence-corrected chi connectivity index (χ3v) is 4.82. The van der Waals surface area contributed by atoms with Crippen LogP contribution < -0.4 is 14.8 Å². The van der Waals surface area contributed by atoms with Crippen LogP contribution in [0.1, 0.15) is 18.4 Å². The molecule has 1 N–H and O–H groups in total. The maximum atomic E-state index is 13.3. The fraction of sp³-hybridized carbons (Fsp3) is 0.350. The van der Waals surface area contributed by atoms with Gasteiger partial charge in [0.25, 0.3) is 0 Å². The smallest absolute Gasteiger partial charge is 0.235 e. The molecular formula is C20H22FNO4. The molecule has 6 heteroatoms. The summed E-state index contributed by atoms with van der Waals surface area (Å²) in [5, 5.41) is 2.97. The Morgan fingerprint density at radius 1 is 1.04 bits per heavy atom. The van der Waals surface area contributed by atoms with E-state index in [2.05, 4.69) is 5.32 Å². The van der Waals surface area contributed by atoms with Gasteiger partial charge >= 0.3 is 0 Å². The van der Waals surface area contributed by atoms with Crippen LogP contribution >= 0.6 is 0 Å². The molecule has 0 atom stereocenters. The van der Waals surface area contributed by atoms with Gasteiger partial charge in [0.2, 0.25) is 5.91 Å². The second-order valence-corrected chi connectivity index (χ2v) is 6.23. The van der Waals surface area contributed by atoms with Gasteiger partial charge in [0.15, 0.2) is 11.5 Å². The zero-order valence-electron chi connectivity index (χ0n) is 14.9. The zero-order chi connectivity index (χ0) is 18.6. The van der Waals surface area contributed by atoms with Crippen molar-refractivity contribution in [2.24, 2.45) is 0 Å². The minimum Gasteiger partial charge on any atom is -0.493 e. The van der Waals surface area contributed by atoms with E-state index >= 15 is 0 Å². The van der Waals surface area contributed by atoms with Crippen molar-refractivity contribution in [3.05, 3.63) is 53.8 Å². The van der Waals surface area contributed by atoms with Gasteiger partial charge in [-0.15, -0.1) is 0 Å². The summed E-state index contributed by atoms with van der Waals surface area (Å²) in [6.07, 6.45) is 1.08. The van der Waals surface area contributed by atoms with Crippen molar-refractivity contribution in [1.29, 1.82) is 0 Å². The molecule has 0 aliphatic carbocycles. The molecule has 26 heavy (non-hydrogen) atoms. The van der Waals surface area contributed by atoms with Crippen LogP contribution in [-0.4, -0.2) is 33.3 Å². The van der Waals surface area contributed by atoms with Gasteiger partial charge in [0.1, 0.15) is 5.82 Å². The summed E-state index contributed by atoms with van der Waals surface area (Å²) in [5.74, 6) is 0.661. The highest BCUT2D eigenvalue weighted by Gasteiger charge is 2.41. The van der Waals surface area contributed by atoms with Crippen molar-refractivity contribution in [3.8, 4) is 11.5 Å². The lowest BCUT2D eigenvalue weighted by molar-refractivity contribution is -0.125. The minimum atomic E-state index is -0.751. The van der Waals surface area contributed by atoms with Crippen LogP contribution in [0.4, 0.5) is 10.1 Å². The molecule has 1 fully saturated rings. The summed E-state index contributed by atoms with van der Waals surface area (Å²) >= 11 is 0. The number of carbonyl (C=O) groups excluding carboxylic acids is 1. The van der Waals surface area contributed by atoms with Crippen molar-refractivity contribution in [3.63, 3.8) is 0 Å². The highest BCUT2D eigenvalue weighted by molar-refractivity contribution is 5.99. The molecule has 0 bridgehead atoms. The van der Waals surface area contributed by atoms with E-state index in [1.165, 1.54) is 12.1 Å². The van der Waals surface area contributed by atoms with Gasteiger partial charge in [0, 0.05) is 25.0 Å². The fourth-order valence-corrected chi connectivity index (χ4v) is 3.30. The molecule has 1 saturated heterocycles. The number of methoxy groups -OCH3 is 2. The molecule has 2 aromatic carbocycles. The number of ether oxygens (including phenoxy) is 3. The molecule has 0 aromatic heterocycles. The Balaban J connectivity index is 1.90. The molecule has 0 unspecified atom stereocenters. The number of carbonyl (C=O) groups is 1. The largest absolute Gasteiger partial charge is 0.493 e. The Hall–Kier alpha value is -2.60. The van der Waals surface area contributed by atoms with Gasteiger partial charge in [-0.05, 0) is 42.7 Å². The summed E-state index contributed by atoms with van der Waals surface area (Å²) in [6.45, 7) is 0.966. The average molecular weight is 359 g/mol. The molecule has 0 spiro atoms. The number of hydrogen-bond acceptors (Lipinski definition) is 4. The molecule has 1 aliphatic heterocycles.